The molecule has 172 valence electrons. The summed E-state index contributed by atoms with van der Waals surface area (Å²) in [6.07, 6.45) is 1.35. The van der Waals surface area contributed by atoms with Crippen LogP contribution >= 0.6 is 11.8 Å². The van der Waals surface area contributed by atoms with E-state index < -0.39 is 21.0 Å². The van der Waals surface area contributed by atoms with Crippen molar-refractivity contribution in [2.75, 3.05) is 7.11 Å². The summed E-state index contributed by atoms with van der Waals surface area (Å²) < 4.78 is 10.7. The van der Waals surface area contributed by atoms with Crippen LogP contribution in [0.2, 0.25) is 0 Å². The van der Waals surface area contributed by atoms with Gasteiger partial charge < -0.3 is 9.15 Å². The Morgan fingerprint density at radius 3 is 2.47 bits per heavy atom. The molecular formula is C22H15N3O8S. The zero-order valence-electron chi connectivity index (χ0n) is 17.5. The number of para-hydroxylation sites is 1. The number of imide groups is 1. The van der Waals surface area contributed by atoms with E-state index >= 15 is 0 Å². The van der Waals surface area contributed by atoms with Crippen molar-refractivity contribution in [1.29, 1.82) is 0 Å². The Labute approximate surface area is 195 Å². The maximum atomic E-state index is 12.8. The molecule has 0 bridgehead atoms. The van der Waals surface area contributed by atoms with E-state index in [9.17, 15) is 29.8 Å². The van der Waals surface area contributed by atoms with Gasteiger partial charge in [0.25, 0.3) is 22.5 Å². The Morgan fingerprint density at radius 1 is 1.03 bits per heavy atom. The van der Waals surface area contributed by atoms with Gasteiger partial charge in [-0.05, 0) is 36.0 Å². The first-order chi connectivity index (χ1) is 16.3. The van der Waals surface area contributed by atoms with Crippen molar-refractivity contribution < 1.29 is 28.6 Å². The first-order valence-corrected chi connectivity index (χ1v) is 10.5. The molecule has 0 atom stereocenters. The van der Waals surface area contributed by atoms with Crippen molar-refractivity contribution in [2.45, 2.75) is 6.54 Å². The van der Waals surface area contributed by atoms with E-state index in [1.54, 1.807) is 12.1 Å². The number of furan rings is 1. The molecule has 1 saturated heterocycles. The highest BCUT2D eigenvalue weighted by atomic mass is 32.2. The average Bonchev–Trinajstić information content (AvgIpc) is 3.39. The number of nitro benzene ring substituents is 2. The number of carbonyl (C=O) groups is 2. The topological polar surface area (TPSA) is 146 Å². The molecule has 1 aliphatic heterocycles. The summed E-state index contributed by atoms with van der Waals surface area (Å²) in [6.45, 7) is -0.249. The van der Waals surface area contributed by atoms with Crippen molar-refractivity contribution in [2.24, 2.45) is 0 Å². The number of thioether (sulfide) groups is 1. The van der Waals surface area contributed by atoms with Gasteiger partial charge in [-0.1, -0.05) is 18.2 Å². The van der Waals surface area contributed by atoms with Crippen LogP contribution in [-0.2, 0) is 11.3 Å². The fraction of sp³-hybridized carbons (Fsp3) is 0.0909. The van der Waals surface area contributed by atoms with Crippen LogP contribution in [0.1, 0.15) is 11.3 Å². The highest BCUT2D eigenvalue weighted by Gasteiger charge is 2.36. The third-order valence-corrected chi connectivity index (χ3v) is 5.86. The van der Waals surface area contributed by atoms with E-state index in [2.05, 4.69) is 0 Å². The number of benzene rings is 2. The van der Waals surface area contributed by atoms with Crippen molar-refractivity contribution in [3.63, 3.8) is 0 Å². The van der Waals surface area contributed by atoms with Crippen LogP contribution in [0, 0.1) is 20.2 Å². The number of hydrogen-bond acceptors (Lipinski definition) is 9. The van der Waals surface area contributed by atoms with E-state index in [-0.39, 0.29) is 45.5 Å². The van der Waals surface area contributed by atoms with Crippen LogP contribution in [0.3, 0.4) is 0 Å². The third-order valence-electron chi connectivity index (χ3n) is 4.96. The Balaban J connectivity index is 1.59. The number of rotatable bonds is 7. The molecule has 0 saturated carbocycles. The first-order valence-electron chi connectivity index (χ1n) is 9.69. The smallest absolute Gasteiger partial charge is 0.293 e. The van der Waals surface area contributed by atoms with Gasteiger partial charge in [-0.15, -0.1) is 0 Å². The number of carbonyl (C=O) groups excluding carboxylic acids is 2. The number of nitrogens with zero attached hydrogens (tertiary/aromatic N) is 3. The molecule has 2 aromatic carbocycles. The number of methoxy groups -OCH3 is 1. The Bertz CT molecular complexity index is 1360. The lowest BCUT2D eigenvalue weighted by Crippen LogP contribution is -2.27. The van der Waals surface area contributed by atoms with E-state index in [4.69, 9.17) is 9.15 Å². The SMILES string of the molecule is COc1ccc(-c2ccc(C=C3SC(=O)N(Cc4ccccc4[N+](=O)[O-])C3=O)o2)c([N+](=O)[O-])c1. The van der Waals surface area contributed by atoms with Gasteiger partial charge in [0.1, 0.15) is 17.3 Å². The predicted octanol–water partition coefficient (Wildman–Crippen LogP) is 5.01. The molecule has 34 heavy (non-hydrogen) atoms. The highest BCUT2D eigenvalue weighted by Crippen LogP contribution is 2.37. The minimum absolute atomic E-state index is 0.0636. The molecule has 0 unspecified atom stereocenters. The lowest BCUT2D eigenvalue weighted by Gasteiger charge is -2.12. The molecule has 0 N–H and O–H groups in total. The number of amides is 2. The highest BCUT2D eigenvalue weighted by molar-refractivity contribution is 8.18. The minimum Gasteiger partial charge on any atom is -0.497 e. The number of nitro groups is 2. The molecule has 4 rings (SSSR count). The molecule has 2 heterocycles. The second kappa shape index (κ2) is 9.19. The van der Waals surface area contributed by atoms with Crippen molar-refractivity contribution in [3.05, 3.63) is 91.1 Å². The van der Waals surface area contributed by atoms with Crippen LogP contribution in [0.25, 0.3) is 17.4 Å². The van der Waals surface area contributed by atoms with E-state index in [0.29, 0.717) is 17.5 Å². The van der Waals surface area contributed by atoms with E-state index in [1.807, 2.05) is 0 Å². The van der Waals surface area contributed by atoms with Gasteiger partial charge in [0.15, 0.2) is 0 Å². The summed E-state index contributed by atoms with van der Waals surface area (Å²) in [6, 6.07) is 13.2. The van der Waals surface area contributed by atoms with Crippen LogP contribution in [0.5, 0.6) is 5.75 Å². The molecule has 0 radical (unpaired) electrons. The molecular weight excluding hydrogens is 466 g/mol. The second-order valence-corrected chi connectivity index (χ2v) is 7.99. The number of hydrogen-bond donors (Lipinski definition) is 0. The van der Waals surface area contributed by atoms with Crippen LogP contribution in [0.4, 0.5) is 16.2 Å². The first kappa shape index (κ1) is 22.7. The van der Waals surface area contributed by atoms with Gasteiger partial charge in [0, 0.05) is 17.7 Å². The zero-order chi connectivity index (χ0) is 24.4. The predicted molar refractivity (Wildman–Crippen MR) is 122 cm³/mol. The van der Waals surface area contributed by atoms with Crippen LogP contribution < -0.4 is 4.74 Å². The fourth-order valence-corrected chi connectivity index (χ4v) is 4.15. The maximum absolute atomic E-state index is 12.8. The molecule has 2 amide bonds. The van der Waals surface area contributed by atoms with Gasteiger partial charge in [0.05, 0.1) is 40.0 Å². The normalized spacial score (nSPS) is 14.6. The summed E-state index contributed by atoms with van der Waals surface area (Å²) in [4.78, 5) is 47.7. The molecule has 1 aromatic heterocycles. The van der Waals surface area contributed by atoms with E-state index in [0.717, 1.165) is 4.90 Å². The van der Waals surface area contributed by atoms with Crippen molar-refractivity contribution >= 4 is 40.4 Å². The van der Waals surface area contributed by atoms with E-state index in [1.165, 1.54) is 55.7 Å². The Hall–Kier alpha value is -4.45. The fourth-order valence-electron chi connectivity index (χ4n) is 3.33. The van der Waals surface area contributed by atoms with Crippen molar-refractivity contribution in [1.82, 2.24) is 4.90 Å². The summed E-state index contributed by atoms with van der Waals surface area (Å²) in [7, 11) is 1.40. The van der Waals surface area contributed by atoms with Gasteiger partial charge in [-0.3, -0.25) is 34.7 Å². The lowest BCUT2D eigenvalue weighted by atomic mass is 10.1. The maximum Gasteiger partial charge on any atom is 0.293 e. The summed E-state index contributed by atoms with van der Waals surface area (Å²) in [5, 5.41) is 22.1. The molecule has 1 fully saturated rings. The quantitative estimate of drug-likeness (QED) is 0.258. The minimum atomic E-state index is -0.624. The van der Waals surface area contributed by atoms with Gasteiger partial charge in [-0.25, -0.2) is 0 Å². The molecule has 3 aromatic rings. The zero-order valence-corrected chi connectivity index (χ0v) is 18.3. The lowest BCUT2D eigenvalue weighted by molar-refractivity contribution is -0.385. The Morgan fingerprint density at radius 2 is 1.76 bits per heavy atom. The molecule has 11 nitrogen and oxygen atoms in total. The van der Waals surface area contributed by atoms with Crippen LogP contribution in [-0.4, -0.2) is 33.0 Å². The molecule has 0 spiro atoms. The summed E-state index contributed by atoms with van der Waals surface area (Å²) >= 11 is 0.672. The van der Waals surface area contributed by atoms with Crippen molar-refractivity contribution in [3.8, 4) is 17.1 Å². The second-order valence-electron chi connectivity index (χ2n) is 7.00. The van der Waals surface area contributed by atoms with Gasteiger partial charge in [-0.2, -0.15) is 0 Å². The van der Waals surface area contributed by atoms with Crippen LogP contribution in [0.15, 0.2) is 63.9 Å². The van der Waals surface area contributed by atoms with Gasteiger partial charge in [0.2, 0.25) is 0 Å². The monoisotopic (exact) mass is 481 g/mol. The summed E-state index contributed by atoms with van der Waals surface area (Å²) in [5.41, 5.74) is 0.0328. The standard InChI is InChI=1S/C22H15N3O8S/c1-32-14-6-8-16(18(10-14)25(30)31)19-9-7-15(33-19)11-20-21(26)23(22(27)34-20)12-13-4-2-3-5-17(13)24(28)29/h2-11H,12H2,1H3. The molecule has 12 heteroatoms. The van der Waals surface area contributed by atoms with Gasteiger partial charge >= 0.3 is 0 Å². The Kier molecular flexibility index (Phi) is 6.15. The summed E-state index contributed by atoms with van der Waals surface area (Å²) in [5.74, 6) is 0.0899. The molecule has 0 aliphatic carbocycles. The third kappa shape index (κ3) is 4.38. The molecule has 1 aliphatic rings. The average molecular weight is 481 g/mol. The number of ether oxygens (including phenoxy) is 1. The largest absolute Gasteiger partial charge is 0.497 e.